The van der Waals surface area contributed by atoms with E-state index >= 15 is 0 Å². The van der Waals surface area contributed by atoms with Crippen LogP contribution in [0.4, 0.5) is 4.39 Å². The molecule has 5 heteroatoms. The number of hydrogen-bond acceptors (Lipinski definition) is 4. The average molecular weight is 261 g/mol. The topological polar surface area (TPSA) is 60.2 Å². The number of nitrogens with one attached hydrogen (secondary N) is 1. The summed E-state index contributed by atoms with van der Waals surface area (Å²) in [7, 11) is 1.58. The van der Waals surface area contributed by atoms with Gasteiger partial charge in [0.2, 0.25) is 0 Å². The molecule has 0 aliphatic carbocycles. The highest BCUT2D eigenvalue weighted by molar-refractivity contribution is 5.28. The molecule has 1 unspecified atom stereocenters. The van der Waals surface area contributed by atoms with Gasteiger partial charge in [-0.15, -0.1) is 0 Å². The van der Waals surface area contributed by atoms with Gasteiger partial charge in [0.05, 0.1) is 19.3 Å². The smallest absolute Gasteiger partial charge is 0.137 e. The second-order valence-corrected chi connectivity index (χ2v) is 4.21. The number of hydrazine groups is 1. The average Bonchev–Trinajstić information content (AvgIpc) is 2.45. The van der Waals surface area contributed by atoms with Gasteiger partial charge < -0.3 is 4.74 Å². The van der Waals surface area contributed by atoms with Gasteiger partial charge in [-0.2, -0.15) is 0 Å². The number of nitrogens with two attached hydrogens (primary N) is 1. The highest BCUT2D eigenvalue weighted by Gasteiger charge is 2.12. The molecule has 1 heterocycles. The molecule has 0 spiro atoms. The molecule has 0 saturated carbocycles. The lowest BCUT2D eigenvalue weighted by Crippen LogP contribution is -2.29. The van der Waals surface area contributed by atoms with Gasteiger partial charge in [-0.25, -0.2) is 4.39 Å². The van der Waals surface area contributed by atoms with Gasteiger partial charge in [0.25, 0.3) is 0 Å². The first-order chi connectivity index (χ1) is 9.22. The molecular formula is C14H16FN3O. The summed E-state index contributed by atoms with van der Waals surface area (Å²) in [4.78, 5) is 4.09. The van der Waals surface area contributed by atoms with Crippen molar-refractivity contribution in [2.24, 2.45) is 5.84 Å². The number of hydrogen-bond donors (Lipinski definition) is 2. The Labute approximate surface area is 111 Å². The summed E-state index contributed by atoms with van der Waals surface area (Å²) in [6.45, 7) is 0. The van der Waals surface area contributed by atoms with Gasteiger partial charge in [0.15, 0.2) is 0 Å². The van der Waals surface area contributed by atoms with Crippen molar-refractivity contribution in [3.8, 4) is 5.75 Å². The van der Waals surface area contributed by atoms with Gasteiger partial charge in [-0.1, -0.05) is 12.1 Å². The van der Waals surface area contributed by atoms with Gasteiger partial charge in [0, 0.05) is 6.20 Å². The summed E-state index contributed by atoms with van der Waals surface area (Å²) in [5.41, 5.74) is 4.48. The fourth-order valence-electron chi connectivity index (χ4n) is 1.91. The number of benzene rings is 1. The van der Waals surface area contributed by atoms with Crippen LogP contribution in [-0.4, -0.2) is 12.1 Å². The summed E-state index contributed by atoms with van der Waals surface area (Å²) in [5, 5.41) is 0. The molecule has 4 nitrogen and oxygen atoms in total. The lowest BCUT2D eigenvalue weighted by atomic mass is 10.0. The Kier molecular flexibility index (Phi) is 4.43. The van der Waals surface area contributed by atoms with E-state index in [4.69, 9.17) is 10.6 Å². The van der Waals surface area contributed by atoms with Gasteiger partial charge in [-0.05, 0) is 35.7 Å². The maximum atomic E-state index is 13.2. The summed E-state index contributed by atoms with van der Waals surface area (Å²) in [5.74, 6) is 5.98. The molecular weight excluding hydrogens is 245 g/mol. The third kappa shape index (κ3) is 3.49. The van der Waals surface area contributed by atoms with Crippen molar-refractivity contribution in [3.63, 3.8) is 0 Å². The lowest BCUT2D eigenvalue weighted by Gasteiger charge is -2.16. The fraction of sp³-hybridized carbons (Fsp3) is 0.214. The van der Waals surface area contributed by atoms with Crippen molar-refractivity contribution >= 4 is 0 Å². The Morgan fingerprint density at radius 1 is 1.37 bits per heavy atom. The SMILES string of the molecule is COc1cncc(C(Cc2cccc(F)c2)NN)c1. The van der Waals surface area contributed by atoms with Crippen molar-refractivity contribution in [1.29, 1.82) is 0 Å². The zero-order valence-electron chi connectivity index (χ0n) is 10.6. The molecule has 1 atom stereocenters. The standard InChI is InChI=1S/C14H16FN3O/c1-19-13-7-11(8-17-9-13)14(18-16)6-10-3-2-4-12(15)5-10/h2-5,7-9,14,18H,6,16H2,1H3. The van der Waals surface area contributed by atoms with Crippen LogP contribution in [0.2, 0.25) is 0 Å². The lowest BCUT2D eigenvalue weighted by molar-refractivity contribution is 0.410. The van der Waals surface area contributed by atoms with Crippen molar-refractivity contribution in [3.05, 3.63) is 59.7 Å². The second kappa shape index (κ2) is 6.26. The van der Waals surface area contributed by atoms with Crippen LogP contribution in [0.5, 0.6) is 5.75 Å². The third-order valence-corrected chi connectivity index (χ3v) is 2.90. The summed E-state index contributed by atoms with van der Waals surface area (Å²) >= 11 is 0. The Morgan fingerprint density at radius 3 is 2.89 bits per heavy atom. The van der Waals surface area contributed by atoms with Crippen LogP contribution in [-0.2, 0) is 6.42 Å². The maximum Gasteiger partial charge on any atom is 0.137 e. The molecule has 0 aliphatic heterocycles. The molecule has 0 bridgehead atoms. The summed E-state index contributed by atoms with van der Waals surface area (Å²) in [6.07, 6.45) is 3.91. The molecule has 1 aromatic carbocycles. The highest BCUT2D eigenvalue weighted by atomic mass is 19.1. The van der Waals surface area contributed by atoms with E-state index in [1.807, 2.05) is 12.1 Å². The number of rotatable bonds is 5. The molecule has 2 rings (SSSR count). The first-order valence-corrected chi connectivity index (χ1v) is 5.92. The maximum absolute atomic E-state index is 13.2. The Balaban J connectivity index is 2.19. The first-order valence-electron chi connectivity index (χ1n) is 5.92. The molecule has 100 valence electrons. The minimum atomic E-state index is -0.253. The number of nitrogens with zero attached hydrogens (tertiary/aromatic N) is 1. The van der Waals surface area contributed by atoms with E-state index in [1.54, 1.807) is 25.6 Å². The van der Waals surface area contributed by atoms with E-state index in [-0.39, 0.29) is 11.9 Å². The number of methoxy groups -OCH3 is 1. The van der Waals surface area contributed by atoms with Crippen molar-refractivity contribution in [2.75, 3.05) is 7.11 Å². The van der Waals surface area contributed by atoms with E-state index in [1.165, 1.54) is 12.1 Å². The van der Waals surface area contributed by atoms with E-state index < -0.39 is 0 Å². The van der Waals surface area contributed by atoms with Crippen LogP contribution in [0, 0.1) is 5.82 Å². The normalized spacial score (nSPS) is 12.2. The van der Waals surface area contributed by atoms with Gasteiger partial charge in [-0.3, -0.25) is 16.3 Å². The quantitative estimate of drug-likeness (QED) is 0.638. The highest BCUT2D eigenvalue weighted by Crippen LogP contribution is 2.21. The van der Waals surface area contributed by atoms with Crippen LogP contribution in [0.3, 0.4) is 0 Å². The van der Waals surface area contributed by atoms with E-state index in [9.17, 15) is 4.39 Å². The third-order valence-electron chi connectivity index (χ3n) is 2.90. The molecule has 0 radical (unpaired) electrons. The number of aromatic nitrogens is 1. The van der Waals surface area contributed by atoms with E-state index in [0.717, 1.165) is 11.1 Å². The molecule has 2 aromatic rings. The zero-order chi connectivity index (χ0) is 13.7. The van der Waals surface area contributed by atoms with Crippen molar-refractivity contribution < 1.29 is 9.13 Å². The second-order valence-electron chi connectivity index (χ2n) is 4.21. The monoisotopic (exact) mass is 261 g/mol. The van der Waals surface area contributed by atoms with Crippen molar-refractivity contribution in [1.82, 2.24) is 10.4 Å². The summed E-state index contributed by atoms with van der Waals surface area (Å²) in [6, 6.07) is 8.17. The molecule has 0 fully saturated rings. The molecule has 0 aliphatic rings. The van der Waals surface area contributed by atoms with Crippen LogP contribution in [0.25, 0.3) is 0 Å². The molecule has 19 heavy (non-hydrogen) atoms. The minimum absolute atomic E-state index is 0.149. The molecule has 0 amide bonds. The minimum Gasteiger partial charge on any atom is -0.495 e. The largest absolute Gasteiger partial charge is 0.495 e. The molecule has 1 aromatic heterocycles. The Bertz CT molecular complexity index is 548. The predicted octanol–water partition coefficient (Wildman–Crippen LogP) is 1.98. The van der Waals surface area contributed by atoms with Crippen LogP contribution in [0.15, 0.2) is 42.7 Å². The molecule has 3 N–H and O–H groups in total. The van der Waals surface area contributed by atoms with Crippen molar-refractivity contribution in [2.45, 2.75) is 12.5 Å². The van der Waals surface area contributed by atoms with E-state index in [0.29, 0.717) is 12.2 Å². The zero-order valence-corrected chi connectivity index (χ0v) is 10.6. The number of ether oxygens (including phenoxy) is 1. The van der Waals surface area contributed by atoms with Crippen LogP contribution in [0.1, 0.15) is 17.2 Å². The Hall–Kier alpha value is -1.98. The van der Waals surface area contributed by atoms with Crippen LogP contribution >= 0.6 is 0 Å². The van der Waals surface area contributed by atoms with E-state index in [2.05, 4.69) is 10.4 Å². The van der Waals surface area contributed by atoms with Crippen LogP contribution < -0.4 is 16.0 Å². The fourth-order valence-corrected chi connectivity index (χ4v) is 1.91. The number of halogens is 1. The first kappa shape index (κ1) is 13.5. The number of pyridine rings is 1. The Morgan fingerprint density at radius 2 is 2.21 bits per heavy atom. The van der Waals surface area contributed by atoms with Gasteiger partial charge in [0.1, 0.15) is 11.6 Å². The van der Waals surface area contributed by atoms with Gasteiger partial charge >= 0.3 is 0 Å². The summed E-state index contributed by atoms with van der Waals surface area (Å²) < 4.78 is 18.3. The predicted molar refractivity (Wildman–Crippen MR) is 71.0 cm³/mol. The molecule has 0 saturated heterocycles.